The van der Waals surface area contributed by atoms with Gasteiger partial charge in [-0.3, -0.25) is 9.98 Å². The Kier molecular flexibility index (Phi) is 5.35. The van der Waals surface area contributed by atoms with Crippen molar-refractivity contribution in [2.45, 2.75) is 27.2 Å². The van der Waals surface area contributed by atoms with Crippen LogP contribution in [0.2, 0.25) is 0 Å². The van der Waals surface area contributed by atoms with Gasteiger partial charge in [0.2, 0.25) is 0 Å². The normalized spacial score (nSPS) is 12.9. The second-order valence-corrected chi connectivity index (χ2v) is 2.78. The lowest BCUT2D eigenvalue weighted by atomic mass is 10.1. The monoisotopic (exact) mass is 152 g/mol. The molecule has 0 atom stereocenters. The van der Waals surface area contributed by atoms with Crippen molar-refractivity contribution in [3.05, 3.63) is 11.9 Å². The SMILES string of the molecule is C=N/C(=C\N=C/C)CC(C)C. The van der Waals surface area contributed by atoms with E-state index in [0.717, 1.165) is 12.1 Å². The molecule has 2 heteroatoms. The highest BCUT2D eigenvalue weighted by Crippen LogP contribution is 2.10. The van der Waals surface area contributed by atoms with Crippen molar-refractivity contribution >= 4 is 12.9 Å². The molecule has 11 heavy (non-hydrogen) atoms. The van der Waals surface area contributed by atoms with Gasteiger partial charge in [0.05, 0.1) is 5.70 Å². The van der Waals surface area contributed by atoms with Crippen LogP contribution < -0.4 is 0 Å². The molecule has 0 bridgehead atoms. The summed E-state index contributed by atoms with van der Waals surface area (Å²) in [6.45, 7) is 9.65. The third kappa shape index (κ3) is 5.52. The lowest BCUT2D eigenvalue weighted by Crippen LogP contribution is -1.88. The van der Waals surface area contributed by atoms with Crippen LogP contribution >= 0.6 is 0 Å². The van der Waals surface area contributed by atoms with Crippen molar-refractivity contribution in [1.29, 1.82) is 0 Å². The molecule has 0 heterocycles. The largest absolute Gasteiger partial charge is 0.267 e. The fourth-order valence-electron chi connectivity index (χ4n) is 0.737. The molecule has 0 radical (unpaired) electrons. The van der Waals surface area contributed by atoms with Gasteiger partial charge >= 0.3 is 0 Å². The minimum Gasteiger partial charge on any atom is -0.267 e. The number of nitrogens with zero attached hydrogens (tertiary/aromatic N) is 2. The number of hydrogen-bond donors (Lipinski definition) is 0. The molecule has 0 unspecified atom stereocenters. The van der Waals surface area contributed by atoms with Crippen molar-refractivity contribution in [1.82, 2.24) is 0 Å². The first-order valence-corrected chi connectivity index (χ1v) is 3.84. The minimum absolute atomic E-state index is 0.610. The predicted molar refractivity (Wildman–Crippen MR) is 51.3 cm³/mol. The lowest BCUT2D eigenvalue weighted by Gasteiger charge is -2.02. The van der Waals surface area contributed by atoms with Crippen LogP contribution in [0.3, 0.4) is 0 Å². The fraction of sp³-hybridized carbons (Fsp3) is 0.556. The molecule has 0 aromatic rings. The van der Waals surface area contributed by atoms with E-state index in [4.69, 9.17) is 0 Å². The third-order valence-electron chi connectivity index (χ3n) is 1.19. The molecule has 0 amide bonds. The smallest absolute Gasteiger partial charge is 0.0581 e. The summed E-state index contributed by atoms with van der Waals surface area (Å²) in [4.78, 5) is 7.84. The molecule has 0 N–H and O–H groups in total. The topological polar surface area (TPSA) is 24.7 Å². The Bertz CT molecular complexity index is 166. The van der Waals surface area contributed by atoms with Crippen molar-refractivity contribution in [3.8, 4) is 0 Å². The maximum Gasteiger partial charge on any atom is 0.0581 e. The molecule has 62 valence electrons. The summed E-state index contributed by atoms with van der Waals surface area (Å²) in [6, 6.07) is 0. The second-order valence-electron chi connectivity index (χ2n) is 2.78. The second kappa shape index (κ2) is 5.83. The number of rotatable bonds is 4. The van der Waals surface area contributed by atoms with E-state index in [1.165, 1.54) is 0 Å². The Morgan fingerprint density at radius 2 is 2.18 bits per heavy atom. The van der Waals surface area contributed by atoms with E-state index in [0.29, 0.717) is 5.92 Å². The van der Waals surface area contributed by atoms with Crippen LogP contribution in [0.5, 0.6) is 0 Å². The van der Waals surface area contributed by atoms with Crippen molar-refractivity contribution in [2.24, 2.45) is 15.9 Å². The van der Waals surface area contributed by atoms with E-state index in [-0.39, 0.29) is 0 Å². The summed E-state index contributed by atoms with van der Waals surface area (Å²) in [7, 11) is 0. The van der Waals surface area contributed by atoms with Gasteiger partial charge in [-0.25, -0.2) is 0 Å². The van der Waals surface area contributed by atoms with E-state index in [1.807, 2.05) is 6.92 Å². The first-order valence-electron chi connectivity index (χ1n) is 3.84. The fourth-order valence-corrected chi connectivity index (χ4v) is 0.737. The zero-order valence-corrected chi connectivity index (χ0v) is 7.54. The van der Waals surface area contributed by atoms with Crippen LogP contribution in [0.1, 0.15) is 27.2 Å². The Balaban J connectivity index is 4.04. The third-order valence-corrected chi connectivity index (χ3v) is 1.19. The van der Waals surface area contributed by atoms with Gasteiger partial charge in [-0.1, -0.05) is 13.8 Å². The van der Waals surface area contributed by atoms with Gasteiger partial charge in [0.1, 0.15) is 0 Å². The average Bonchev–Trinajstić information content (AvgIpc) is 1.97. The molecular weight excluding hydrogens is 136 g/mol. The van der Waals surface area contributed by atoms with Crippen LogP contribution in [0.4, 0.5) is 0 Å². The summed E-state index contributed by atoms with van der Waals surface area (Å²) in [5, 5.41) is 0. The molecular formula is C9H16N2. The van der Waals surface area contributed by atoms with Crippen LogP contribution in [-0.4, -0.2) is 12.9 Å². The molecule has 0 fully saturated rings. The van der Waals surface area contributed by atoms with E-state index < -0.39 is 0 Å². The van der Waals surface area contributed by atoms with E-state index in [1.54, 1.807) is 12.4 Å². The van der Waals surface area contributed by atoms with Gasteiger partial charge in [-0.2, -0.15) is 0 Å². The summed E-state index contributed by atoms with van der Waals surface area (Å²) < 4.78 is 0. The van der Waals surface area contributed by atoms with Crippen LogP contribution in [0.25, 0.3) is 0 Å². The quantitative estimate of drug-likeness (QED) is 0.553. The summed E-state index contributed by atoms with van der Waals surface area (Å²) >= 11 is 0. The lowest BCUT2D eigenvalue weighted by molar-refractivity contribution is 0.638. The molecule has 0 rings (SSSR count). The Labute approximate surface area is 68.8 Å². The maximum atomic E-state index is 3.98. The Morgan fingerprint density at radius 1 is 1.55 bits per heavy atom. The Morgan fingerprint density at radius 3 is 2.55 bits per heavy atom. The zero-order chi connectivity index (χ0) is 8.69. The standard InChI is InChI=1S/C9H16N2/c1-5-11-7-9(10-4)6-8(2)3/h5,7-8H,4,6H2,1-3H3/b9-7-,11-5-. The summed E-state index contributed by atoms with van der Waals surface area (Å²) in [5.41, 5.74) is 0.957. The zero-order valence-electron chi connectivity index (χ0n) is 7.54. The van der Waals surface area contributed by atoms with Crippen molar-refractivity contribution in [3.63, 3.8) is 0 Å². The number of allylic oxidation sites excluding steroid dienone is 1. The van der Waals surface area contributed by atoms with Crippen molar-refractivity contribution < 1.29 is 0 Å². The molecule has 0 aliphatic rings. The first kappa shape index (κ1) is 10.1. The highest BCUT2D eigenvalue weighted by molar-refractivity contribution is 5.54. The molecule has 0 aliphatic heterocycles. The summed E-state index contributed by atoms with van der Waals surface area (Å²) in [6.07, 6.45) is 4.44. The Hall–Kier alpha value is -0.920. The van der Waals surface area contributed by atoms with Gasteiger partial charge in [0.25, 0.3) is 0 Å². The molecule has 0 spiro atoms. The summed E-state index contributed by atoms with van der Waals surface area (Å²) in [5.74, 6) is 0.610. The van der Waals surface area contributed by atoms with E-state index in [2.05, 4.69) is 30.5 Å². The number of aliphatic imine (C=N–C) groups is 2. The molecule has 0 aromatic carbocycles. The van der Waals surface area contributed by atoms with E-state index in [9.17, 15) is 0 Å². The molecule has 2 nitrogen and oxygen atoms in total. The van der Waals surface area contributed by atoms with Crippen LogP contribution in [-0.2, 0) is 0 Å². The maximum absolute atomic E-state index is 3.98. The minimum atomic E-state index is 0.610. The average molecular weight is 152 g/mol. The van der Waals surface area contributed by atoms with Gasteiger partial charge in [-0.05, 0) is 26.0 Å². The van der Waals surface area contributed by atoms with Crippen molar-refractivity contribution in [2.75, 3.05) is 0 Å². The molecule has 0 saturated carbocycles. The van der Waals surface area contributed by atoms with Gasteiger partial charge in [0, 0.05) is 12.4 Å². The predicted octanol–water partition coefficient (Wildman–Crippen LogP) is 2.67. The molecule has 0 aliphatic carbocycles. The number of hydrogen-bond acceptors (Lipinski definition) is 2. The molecule has 0 saturated heterocycles. The van der Waals surface area contributed by atoms with Gasteiger partial charge in [-0.15, -0.1) is 0 Å². The highest BCUT2D eigenvalue weighted by Gasteiger charge is 1.96. The molecule has 0 aromatic heterocycles. The highest BCUT2D eigenvalue weighted by atomic mass is 14.8. The van der Waals surface area contributed by atoms with Crippen LogP contribution in [0, 0.1) is 5.92 Å². The van der Waals surface area contributed by atoms with Gasteiger partial charge in [0.15, 0.2) is 0 Å². The van der Waals surface area contributed by atoms with Gasteiger partial charge < -0.3 is 0 Å². The first-order chi connectivity index (χ1) is 5.20. The van der Waals surface area contributed by atoms with E-state index >= 15 is 0 Å². The van der Waals surface area contributed by atoms with Crippen LogP contribution in [0.15, 0.2) is 21.9 Å².